The number of fused-ring (bicyclic) bond motifs is 2. The molecular weight excluding hydrogens is 202 g/mol. The van der Waals surface area contributed by atoms with E-state index < -0.39 is 0 Å². The smallest absolute Gasteiger partial charge is 0.302 e. The molecule has 2 rings (SSSR count). The molecule has 4 heteroatoms. The second-order valence-electron chi connectivity index (χ2n) is 4.19. The van der Waals surface area contributed by atoms with E-state index in [4.69, 9.17) is 4.74 Å². The average Bonchev–Trinajstić information content (AvgIpc) is 2.01. The minimum atomic E-state index is -0.134. The van der Waals surface area contributed by atoms with Gasteiger partial charge in [0.05, 0.1) is 0 Å². The number of hydrogen-bond acceptors (Lipinski definition) is 3. The molecule has 2 atom stereocenters. The third-order valence-electron chi connectivity index (χ3n) is 3.00. The fourth-order valence-electron chi connectivity index (χ4n) is 2.54. The highest BCUT2D eigenvalue weighted by Gasteiger charge is 2.32. The number of halogens is 1. The van der Waals surface area contributed by atoms with Crippen LogP contribution in [0, 0.1) is 0 Å². The van der Waals surface area contributed by atoms with Gasteiger partial charge in [0.2, 0.25) is 0 Å². The molecule has 3 nitrogen and oxygen atoms in total. The number of hydrogen-bond donors (Lipinski definition) is 1. The van der Waals surface area contributed by atoms with Gasteiger partial charge in [-0.3, -0.25) is 4.79 Å². The summed E-state index contributed by atoms with van der Waals surface area (Å²) in [5.41, 5.74) is 0. The molecule has 2 aliphatic heterocycles. The van der Waals surface area contributed by atoms with E-state index in [9.17, 15) is 4.79 Å². The number of carbonyl (C=O) groups excluding carboxylic acids is 1. The van der Waals surface area contributed by atoms with Crippen LogP contribution in [0.1, 0.15) is 39.0 Å². The summed E-state index contributed by atoms with van der Waals surface area (Å²) in [4.78, 5) is 10.8. The summed E-state index contributed by atoms with van der Waals surface area (Å²) in [5, 5.41) is 3.56. The van der Waals surface area contributed by atoms with Crippen molar-refractivity contribution in [2.45, 2.75) is 57.2 Å². The highest BCUT2D eigenvalue weighted by atomic mass is 35.5. The van der Waals surface area contributed by atoms with Crippen LogP contribution in [0.2, 0.25) is 0 Å². The molecule has 0 amide bonds. The number of nitrogens with one attached hydrogen (secondary N) is 1. The Balaban J connectivity index is 0.000000980. The minimum absolute atomic E-state index is 0. The lowest BCUT2D eigenvalue weighted by Crippen LogP contribution is -2.51. The zero-order chi connectivity index (χ0) is 9.26. The van der Waals surface area contributed by atoms with Gasteiger partial charge in [-0.15, -0.1) is 12.4 Å². The Morgan fingerprint density at radius 3 is 2.36 bits per heavy atom. The van der Waals surface area contributed by atoms with E-state index in [1.807, 2.05) is 0 Å². The number of rotatable bonds is 1. The number of carbonyl (C=O) groups is 1. The Morgan fingerprint density at radius 2 is 1.86 bits per heavy atom. The van der Waals surface area contributed by atoms with E-state index in [-0.39, 0.29) is 24.5 Å². The fraction of sp³-hybridized carbons (Fsp3) is 0.900. The van der Waals surface area contributed by atoms with E-state index in [0.717, 1.165) is 12.8 Å². The van der Waals surface area contributed by atoms with Crippen LogP contribution >= 0.6 is 12.4 Å². The first-order valence-corrected chi connectivity index (χ1v) is 5.17. The van der Waals surface area contributed by atoms with Gasteiger partial charge in [0.1, 0.15) is 6.10 Å². The molecule has 2 fully saturated rings. The first kappa shape index (κ1) is 11.8. The van der Waals surface area contributed by atoms with E-state index >= 15 is 0 Å². The molecule has 2 saturated heterocycles. The summed E-state index contributed by atoms with van der Waals surface area (Å²) in [6.45, 7) is 1.50. The lowest BCUT2D eigenvalue weighted by molar-refractivity contribution is -0.148. The van der Waals surface area contributed by atoms with Gasteiger partial charge in [0, 0.05) is 19.0 Å². The van der Waals surface area contributed by atoms with Gasteiger partial charge >= 0.3 is 5.97 Å². The molecule has 82 valence electrons. The standard InChI is InChI=1S/C10H17NO2.ClH/c1-7(12)13-10-5-8-3-2-4-9(6-10)11-8;/h8-11H,2-6H2,1H3;1H. The Hall–Kier alpha value is -0.280. The molecular formula is C10H18ClNO2. The molecule has 0 saturated carbocycles. The van der Waals surface area contributed by atoms with Gasteiger partial charge in [-0.1, -0.05) is 6.42 Å². The average molecular weight is 220 g/mol. The topological polar surface area (TPSA) is 38.3 Å². The van der Waals surface area contributed by atoms with Crippen LogP contribution in [0.25, 0.3) is 0 Å². The molecule has 0 aliphatic carbocycles. The molecule has 1 N–H and O–H groups in total. The van der Waals surface area contributed by atoms with Crippen LogP contribution in [-0.4, -0.2) is 24.2 Å². The van der Waals surface area contributed by atoms with E-state index in [0.29, 0.717) is 12.1 Å². The third-order valence-corrected chi connectivity index (χ3v) is 3.00. The summed E-state index contributed by atoms with van der Waals surface area (Å²) >= 11 is 0. The van der Waals surface area contributed by atoms with Gasteiger partial charge in [-0.2, -0.15) is 0 Å². The quantitative estimate of drug-likeness (QED) is 0.682. The van der Waals surface area contributed by atoms with Gasteiger partial charge in [-0.05, 0) is 25.7 Å². The number of esters is 1. The van der Waals surface area contributed by atoms with Crippen molar-refractivity contribution in [3.63, 3.8) is 0 Å². The zero-order valence-electron chi connectivity index (χ0n) is 8.49. The molecule has 14 heavy (non-hydrogen) atoms. The van der Waals surface area contributed by atoms with Crippen LogP contribution < -0.4 is 5.32 Å². The maximum absolute atomic E-state index is 10.8. The maximum Gasteiger partial charge on any atom is 0.302 e. The van der Waals surface area contributed by atoms with Gasteiger partial charge < -0.3 is 10.1 Å². The molecule has 2 aliphatic rings. The molecule has 0 aromatic rings. The molecule has 2 heterocycles. The Morgan fingerprint density at radius 1 is 1.29 bits per heavy atom. The van der Waals surface area contributed by atoms with Crippen molar-refractivity contribution in [3.05, 3.63) is 0 Å². The predicted octanol–water partition coefficient (Wildman–Crippen LogP) is 1.64. The van der Waals surface area contributed by atoms with Crippen molar-refractivity contribution in [2.24, 2.45) is 0 Å². The van der Waals surface area contributed by atoms with Gasteiger partial charge in [-0.25, -0.2) is 0 Å². The van der Waals surface area contributed by atoms with Crippen molar-refractivity contribution in [1.82, 2.24) is 5.32 Å². The fourth-order valence-corrected chi connectivity index (χ4v) is 2.54. The molecule has 0 aromatic carbocycles. The monoisotopic (exact) mass is 219 g/mol. The summed E-state index contributed by atoms with van der Waals surface area (Å²) in [5.74, 6) is -0.134. The summed E-state index contributed by atoms with van der Waals surface area (Å²) < 4.78 is 5.25. The van der Waals surface area contributed by atoms with Crippen molar-refractivity contribution in [3.8, 4) is 0 Å². The third kappa shape index (κ3) is 2.85. The van der Waals surface area contributed by atoms with Crippen molar-refractivity contribution in [1.29, 1.82) is 0 Å². The largest absolute Gasteiger partial charge is 0.462 e. The Labute approximate surface area is 91.0 Å². The Bertz CT molecular complexity index is 198. The molecule has 0 radical (unpaired) electrons. The molecule has 0 spiro atoms. The van der Waals surface area contributed by atoms with Crippen molar-refractivity contribution >= 4 is 18.4 Å². The van der Waals surface area contributed by atoms with E-state index in [2.05, 4.69) is 5.32 Å². The predicted molar refractivity (Wildman–Crippen MR) is 56.6 cm³/mol. The molecule has 2 unspecified atom stereocenters. The highest BCUT2D eigenvalue weighted by Crippen LogP contribution is 2.27. The first-order valence-electron chi connectivity index (χ1n) is 5.17. The van der Waals surface area contributed by atoms with Gasteiger partial charge in [0.15, 0.2) is 0 Å². The number of piperidine rings is 2. The van der Waals surface area contributed by atoms with Crippen molar-refractivity contribution in [2.75, 3.05) is 0 Å². The van der Waals surface area contributed by atoms with Crippen LogP contribution in [0.3, 0.4) is 0 Å². The van der Waals surface area contributed by atoms with E-state index in [1.54, 1.807) is 0 Å². The molecule has 2 bridgehead atoms. The zero-order valence-corrected chi connectivity index (χ0v) is 9.31. The van der Waals surface area contributed by atoms with Gasteiger partial charge in [0.25, 0.3) is 0 Å². The normalized spacial score (nSPS) is 35.6. The van der Waals surface area contributed by atoms with E-state index in [1.165, 1.54) is 26.2 Å². The van der Waals surface area contributed by atoms with Crippen LogP contribution in [-0.2, 0) is 9.53 Å². The molecule has 0 aromatic heterocycles. The lowest BCUT2D eigenvalue weighted by Gasteiger charge is -2.39. The second kappa shape index (κ2) is 4.99. The number of ether oxygens (including phenoxy) is 1. The first-order chi connectivity index (χ1) is 6.24. The summed E-state index contributed by atoms with van der Waals surface area (Å²) in [6.07, 6.45) is 6.01. The lowest BCUT2D eigenvalue weighted by atomic mass is 9.85. The summed E-state index contributed by atoms with van der Waals surface area (Å²) in [7, 11) is 0. The van der Waals surface area contributed by atoms with Crippen LogP contribution in [0.15, 0.2) is 0 Å². The SMILES string of the molecule is CC(=O)OC1CC2CCCC(C1)N2.Cl. The summed E-state index contributed by atoms with van der Waals surface area (Å²) in [6, 6.07) is 1.19. The minimum Gasteiger partial charge on any atom is -0.462 e. The highest BCUT2D eigenvalue weighted by molar-refractivity contribution is 5.85. The van der Waals surface area contributed by atoms with Crippen molar-refractivity contribution < 1.29 is 9.53 Å². The Kier molecular flexibility index (Phi) is 4.20. The maximum atomic E-state index is 10.8. The van der Waals surface area contributed by atoms with Crippen LogP contribution in [0.4, 0.5) is 0 Å². The van der Waals surface area contributed by atoms with Crippen LogP contribution in [0.5, 0.6) is 0 Å². The second-order valence-corrected chi connectivity index (χ2v) is 4.19.